The van der Waals surface area contributed by atoms with E-state index in [1.165, 1.54) is 17.5 Å². The summed E-state index contributed by atoms with van der Waals surface area (Å²) in [6, 6.07) is 14.7. The number of anilines is 1. The van der Waals surface area contributed by atoms with E-state index < -0.39 is 10.0 Å². The van der Waals surface area contributed by atoms with Crippen molar-refractivity contribution in [3.8, 4) is 5.75 Å². The minimum atomic E-state index is -3.82. The minimum Gasteiger partial charge on any atom is -0.495 e. The molecule has 2 aromatic rings. The number of para-hydroxylation sites is 1. The van der Waals surface area contributed by atoms with Crippen molar-refractivity contribution in [3.63, 3.8) is 0 Å². The van der Waals surface area contributed by atoms with Gasteiger partial charge in [-0.2, -0.15) is 4.31 Å². The van der Waals surface area contributed by atoms with Gasteiger partial charge in [-0.15, -0.1) is 0 Å². The van der Waals surface area contributed by atoms with Gasteiger partial charge in [0.25, 0.3) is 0 Å². The Morgan fingerprint density at radius 3 is 2.44 bits per heavy atom. The summed E-state index contributed by atoms with van der Waals surface area (Å²) in [6.07, 6.45) is 1.33. The average molecular weight is 478 g/mol. The van der Waals surface area contributed by atoms with E-state index in [1.54, 1.807) is 12.1 Å². The highest BCUT2D eigenvalue weighted by Gasteiger charge is 2.37. The number of nitrogens with zero attached hydrogens (tertiary/aromatic N) is 3. The van der Waals surface area contributed by atoms with Crippen molar-refractivity contribution in [2.24, 2.45) is 5.92 Å². The van der Waals surface area contributed by atoms with Crippen LogP contribution in [-0.2, 0) is 14.8 Å². The van der Waals surface area contributed by atoms with Crippen molar-refractivity contribution in [2.45, 2.75) is 17.7 Å². The number of halogens is 1. The van der Waals surface area contributed by atoms with E-state index in [2.05, 4.69) is 17.0 Å². The topological polar surface area (TPSA) is 70.2 Å². The molecule has 32 heavy (non-hydrogen) atoms. The lowest BCUT2D eigenvalue weighted by molar-refractivity contribution is -0.137. The van der Waals surface area contributed by atoms with Crippen LogP contribution < -0.4 is 9.64 Å². The molecule has 2 saturated heterocycles. The van der Waals surface area contributed by atoms with E-state index in [0.29, 0.717) is 37.5 Å². The summed E-state index contributed by atoms with van der Waals surface area (Å²) in [5.41, 5.74) is 1.16. The minimum absolute atomic E-state index is 0.0377. The molecule has 0 aliphatic carbocycles. The lowest BCUT2D eigenvalue weighted by Crippen LogP contribution is -2.53. The van der Waals surface area contributed by atoms with Crippen LogP contribution in [0.4, 0.5) is 5.69 Å². The summed E-state index contributed by atoms with van der Waals surface area (Å²) < 4.78 is 33.3. The zero-order chi connectivity index (χ0) is 22.7. The zero-order valence-electron chi connectivity index (χ0n) is 18.1. The second-order valence-corrected chi connectivity index (χ2v) is 10.5. The normalized spacial score (nSPS) is 20.2. The smallest absolute Gasteiger partial charge is 0.246 e. The number of benzene rings is 2. The lowest BCUT2D eigenvalue weighted by atomic mass is 9.97. The van der Waals surface area contributed by atoms with Crippen LogP contribution in [0.2, 0.25) is 5.02 Å². The molecule has 7 nitrogen and oxygen atoms in total. The van der Waals surface area contributed by atoms with Crippen LogP contribution in [-0.4, -0.2) is 69.9 Å². The molecular weight excluding hydrogens is 450 g/mol. The van der Waals surface area contributed by atoms with Crippen molar-refractivity contribution >= 4 is 33.2 Å². The Morgan fingerprint density at radius 2 is 1.75 bits per heavy atom. The number of carbonyl (C=O) groups is 1. The summed E-state index contributed by atoms with van der Waals surface area (Å²) in [7, 11) is -2.39. The number of hydrogen-bond donors (Lipinski definition) is 0. The van der Waals surface area contributed by atoms with Gasteiger partial charge in [0, 0.05) is 50.0 Å². The third-order valence-corrected chi connectivity index (χ3v) is 8.31. The Kier molecular flexibility index (Phi) is 6.93. The van der Waals surface area contributed by atoms with Crippen LogP contribution in [0.5, 0.6) is 5.75 Å². The predicted octanol–water partition coefficient (Wildman–Crippen LogP) is 3.10. The molecule has 1 atom stereocenters. The maximum atomic E-state index is 13.3. The summed E-state index contributed by atoms with van der Waals surface area (Å²) in [6.45, 7) is 3.37. The molecule has 0 aromatic heterocycles. The van der Waals surface area contributed by atoms with Gasteiger partial charge < -0.3 is 14.5 Å². The van der Waals surface area contributed by atoms with Crippen molar-refractivity contribution in [1.29, 1.82) is 0 Å². The molecule has 2 heterocycles. The molecule has 2 aliphatic rings. The summed E-state index contributed by atoms with van der Waals surface area (Å²) in [4.78, 5) is 17.4. The lowest BCUT2D eigenvalue weighted by Gasteiger charge is -2.39. The number of amides is 1. The van der Waals surface area contributed by atoms with Gasteiger partial charge in [-0.05, 0) is 43.2 Å². The van der Waals surface area contributed by atoms with Crippen LogP contribution in [0.3, 0.4) is 0 Å². The van der Waals surface area contributed by atoms with Gasteiger partial charge in [0.05, 0.1) is 13.0 Å². The fraction of sp³-hybridized carbons (Fsp3) is 0.435. The van der Waals surface area contributed by atoms with Gasteiger partial charge in [0.15, 0.2) is 0 Å². The standard InChI is InChI=1S/C23H28ClN3O4S/c1-31-21-10-9-19(24)16-22(21)32(29,30)27-11-5-6-18(17-27)23(28)26-14-12-25(13-15-26)20-7-3-2-4-8-20/h2-4,7-10,16,18H,5-6,11-15,17H2,1H3/t18-/m0/s1. The Bertz CT molecular complexity index is 1060. The third-order valence-electron chi connectivity index (χ3n) is 6.19. The molecule has 4 rings (SSSR count). The van der Waals surface area contributed by atoms with Crippen LogP contribution in [0.25, 0.3) is 0 Å². The van der Waals surface area contributed by atoms with Gasteiger partial charge in [-0.3, -0.25) is 4.79 Å². The largest absolute Gasteiger partial charge is 0.495 e. The van der Waals surface area contributed by atoms with E-state index >= 15 is 0 Å². The fourth-order valence-electron chi connectivity index (χ4n) is 4.44. The highest BCUT2D eigenvalue weighted by molar-refractivity contribution is 7.89. The number of rotatable bonds is 5. The van der Waals surface area contributed by atoms with E-state index in [9.17, 15) is 13.2 Å². The highest BCUT2D eigenvalue weighted by Crippen LogP contribution is 2.32. The maximum absolute atomic E-state index is 13.3. The fourth-order valence-corrected chi connectivity index (χ4v) is 6.38. The zero-order valence-corrected chi connectivity index (χ0v) is 19.7. The molecule has 0 spiro atoms. The van der Waals surface area contributed by atoms with E-state index in [1.807, 2.05) is 23.1 Å². The van der Waals surface area contributed by atoms with Crippen LogP contribution in [0.1, 0.15) is 12.8 Å². The van der Waals surface area contributed by atoms with Crippen molar-refractivity contribution in [2.75, 3.05) is 51.3 Å². The van der Waals surface area contributed by atoms with Gasteiger partial charge in [-0.1, -0.05) is 29.8 Å². The maximum Gasteiger partial charge on any atom is 0.246 e. The summed E-state index contributed by atoms with van der Waals surface area (Å²) >= 11 is 6.05. The summed E-state index contributed by atoms with van der Waals surface area (Å²) in [5.74, 6) is -0.0532. The van der Waals surface area contributed by atoms with E-state index in [0.717, 1.165) is 18.8 Å². The highest BCUT2D eigenvalue weighted by atomic mass is 35.5. The molecule has 0 bridgehead atoms. The van der Waals surface area contributed by atoms with Crippen molar-refractivity contribution in [1.82, 2.24) is 9.21 Å². The molecule has 2 aliphatic heterocycles. The van der Waals surface area contributed by atoms with Crippen LogP contribution >= 0.6 is 11.6 Å². The average Bonchev–Trinajstić information content (AvgIpc) is 2.84. The molecule has 0 unspecified atom stereocenters. The van der Waals surface area contributed by atoms with Crippen LogP contribution in [0, 0.1) is 5.92 Å². The molecule has 9 heteroatoms. The predicted molar refractivity (Wildman–Crippen MR) is 125 cm³/mol. The molecule has 2 aromatic carbocycles. The number of piperidine rings is 1. The van der Waals surface area contributed by atoms with E-state index in [-0.39, 0.29) is 29.0 Å². The number of methoxy groups -OCH3 is 1. The first-order chi connectivity index (χ1) is 15.4. The Morgan fingerprint density at radius 1 is 1.03 bits per heavy atom. The molecule has 1 amide bonds. The van der Waals surface area contributed by atoms with Gasteiger partial charge in [0.1, 0.15) is 10.6 Å². The second-order valence-electron chi connectivity index (χ2n) is 8.15. The van der Waals surface area contributed by atoms with Crippen molar-refractivity contribution in [3.05, 3.63) is 53.6 Å². The first-order valence-corrected chi connectivity index (χ1v) is 12.6. The third kappa shape index (κ3) is 4.72. The first kappa shape index (κ1) is 22.9. The SMILES string of the molecule is COc1ccc(Cl)cc1S(=O)(=O)N1CCC[C@H](C(=O)N2CCN(c3ccccc3)CC2)C1. The Hall–Kier alpha value is -2.29. The van der Waals surface area contributed by atoms with Crippen molar-refractivity contribution < 1.29 is 17.9 Å². The molecule has 2 fully saturated rings. The molecule has 0 N–H and O–H groups in total. The van der Waals surface area contributed by atoms with Crippen LogP contribution in [0.15, 0.2) is 53.4 Å². The number of hydrogen-bond acceptors (Lipinski definition) is 5. The number of ether oxygens (including phenoxy) is 1. The Labute approximate surface area is 194 Å². The molecular formula is C23H28ClN3O4S. The molecule has 0 saturated carbocycles. The van der Waals surface area contributed by atoms with Gasteiger partial charge >= 0.3 is 0 Å². The quantitative estimate of drug-likeness (QED) is 0.661. The van der Waals surface area contributed by atoms with Gasteiger partial charge in [0.2, 0.25) is 15.9 Å². The Balaban J connectivity index is 1.43. The number of carbonyl (C=O) groups excluding carboxylic acids is 1. The monoisotopic (exact) mass is 477 g/mol. The van der Waals surface area contributed by atoms with Gasteiger partial charge in [-0.25, -0.2) is 8.42 Å². The first-order valence-electron chi connectivity index (χ1n) is 10.8. The molecule has 0 radical (unpaired) electrons. The molecule has 172 valence electrons. The summed E-state index contributed by atoms with van der Waals surface area (Å²) in [5, 5.41) is 0.324. The second kappa shape index (κ2) is 9.68. The van der Waals surface area contributed by atoms with E-state index in [4.69, 9.17) is 16.3 Å². The number of sulfonamides is 1. The number of piperazine rings is 1.